The summed E-state index contributed by atoms with van der Waals surface area (Å²) in [6.07, 6.45) is -5.19. The number of halogens is 3. The third-order valence-electron chi connectivity index (χ3n) is 3.73. The van der Waals surface area contributed by atoms with E-state index >= 15 is 0 Å². The molecule has 3 amide bonds. The zero-order valence-corrected chi connectivity index (χ0v) is 17.1. The van der Waals surface area contributed by atoms with Crippen molar-refractivity contribution in [2.24, 2.45) is 0 Å². The highest BCUT2D eigenvalue weighted by Gasteiger charge is 2.32. The molecule has 3 N–H and O–H groups in total. The molecule has 30 heavy (non-hydrogen) atoms. The summed E-state index contributed by atoms with van der Waals surface area (Å²) < 4.78 is 49.2. The predicted octanol–water partition coefficient (Wildman–Crippen LogP) is 5.23. The van der Waals surface area contributed by atoms with Crippen LogP contribution in [0.15, 0.2) is 28.8 Å². The van der Waals surface area contributed by atoms with Crippen LogP contribution in [0.5, 0.6) is 0 Å². The van der Waals surface area contributed by atoms with Crippen molar-refractivity contribution in [3.05, 3.63) is 41.2 Å². The van der Waals surface area contributed by atoms with E-state index in [0.29, 0.717) is 0 Å². The summed E-state index contributed by atoms with van der Waals surface area (Å²) in [5.41, 5.74) is -1.50. The van der Waals surface area contributed by atoms with Gasteiger partial charge in [-0.25, -0.2) is 9.59 Å². The summed E-state index contributed by atoms with van der Waals surface area (Å²) in [5.74, 6) is 0.259. The van der Waals surface area contributed by atoms with Crippen LogP contribution in [-0.4, -0.2) is 22.9 Å². The molecule has 1 aromatic heterocycles. The Balaban J connectivity index is 1.98. The van der Waals surface area contributed by atoms with Gasteiger partial charge in [0, 0.05) is 11.8 Å². The smallest absolute Gasteiger partial charge is 0.416 e. The standard InChI is InChI=1S/C19H23F3N4O4/c1-10-6-7-12(8-13(10)19(20,21)22)24-16(27)25-15-9-14(30-26-15)11(2)23-17(28)29-18(3,4)5/h6-9,11H,1-5H3,(H,23,28)(H2,24,25,26,27)/t11-/m1/s1. The zero-order chi connectivity index (χ0) is 22.7. The van der Waals surface area contributed by atoms with Crippen molar-refractivity contribution >= 4 is 23.6 Å². The second-order valence-corrected chi connectivity index (χ2v) is 7.59. The maximum absolute atomic E-state index is 13.0. The fraction of sp³-hybridized carbons (Fsp3) is 0.421. The van der Waals surface area contributed by atoms with E-state index in [1.54, 1.807) is 27.7 Å². The van der Waals surface area contributed by atoms with Crippen LogP contribution in [0.3, 0.4) is 0 Å². The van der Waals surface area contributed by atoms with Gasteiger partial charge in [-0.2, -0.15) is 13.2 Å². The Bertz CT molecular complexity index is 919. The van der Waals surface area contributed by atoms with Crippen molar-refractivity contribution in [1.82, 2.24) is 10.5 Å². The largest absolute Gasteiger partial charge is 0.444 e. The van der Waals surface area contributed by atoms with Crippen LogP contribution < -0.4 is 16.0 Å². The number of alkyl carbamates (subject to hydrolysis) is 1. The van der Waals surface area contributed by atoms with Gasteiger partial charge in [0.25, 0.3) is 0 Å². The fourth-order valence-electron chi connectivity index (χ4n) is 2.39. The van der Waals surface area contributed by atoms with E-state index in [-0.39, 0.29) is 22.8 Å². The van der Waals surface area contributed by atoms with Gasteiger partial charge in [-0.15, -0.1) is 0 Å². The van der Waals surface area contributed by atoms with Gasteiger partial charge < -0.3 is 19.9 Å². The molecule has 11 heteroatoms. The number of nitrogens with zero attached hydrogens (tertiary/aromatic N) is 1. The maximum Gasteiger partial charge on any atom is 0.416 e. The number of benzene rings is 1. The summed E-state index contributed by atoms with van der Waals surface area (Å²) >= 11 is 0. The molecule has 0 aliphatic rings. The number of nitrogens with one attached hydrogen (secondary N) is 3. The monoisotopic (exact) mass is 428 g/mol. The third-order valence-corrected chi connectivity index (χ3v) is 3.73. The number of aryl methyl sites for hydroxylation is 1. The molecule has 0 radical (unpaired) electrons. The first-order valence-corrected chi connectivity index (χ1v) is 8.96. The minimum atomic E-state index is -4.53. The number of carbonyl (C=O) groups is 2. The van der Waals surface area contributed by atoms with Gasteiger partial charge in [0.05, 0.1) is 11.6 Å². The van der Waals surface area contributed by atoms with Gasteiger partial charge in [-0.05, 0) is 52.3 Å². The van der Waals surface area contributed by atoms with E-state index in [2.05, 4.69) is 21.1 Å². The zero-order valence-electron chi connectivity index (χ0n) is 17.1. The predicted molar refractivity (Wildman–Crippen MR) is 103 cm³/mol. The van der Waals surface area contributed by atoms with Crippen LogP contribution in [0.1, 0.15) is 50.6 Å². The Kier molecular flexibility index (Phi) is 6.63. The quantitative estimate of drug-likeness (QED) is 0.618. The minimum Gasteiger partial charge on any atom is -0.444 e. The first kappa shape index (κ1) is 23.0. The molecule has 1 heterocycles. The van der Waals surface area contributed by atoms with Crippen molar-refractivity contribution in [2.75, 3.05) is 10.6 Å². The number of alkyl halides is 3. The number of aromatic nitrogens is 1. The lowest BCUT2D eigenvalue weighted by atomic mass is 10.1. The van der Waals surface area contributed by atoms with Gasteiger partial charge in [0.15, 0.2) is 11.6 Å². The van der Waals surface area contributed by atoms with Crippen molar-refractivity contribution in [1.29, 1.82) is 0 Å². The van der Waals surface area contributed by atoms with Crippen LogP contribution >= 0.6 is 0 Å². The number of urea groups is 1. The van der Waals surface area contributed by atoms with Gasteiger partial charge in [0.1, 0.15) is 5.60 Å². The molecule has 0 unspecified atom stereocenters. The molecule has 164 valence electrons. The number of hydrogen-bond acceptors (Lipinski definition) is 5. The molecular formula is C19H23F3N4O4. The molecule has 0 aliphatic heterocycles. The molecule has 0 bridgehead atoms. The Labute approximate surface area is 171 Å². The highest BCUT2D eigenvalue weighted by molar-refractivity contribution is 5.99. The second-order valence-electron chi connectivity index (χ2n) is 7.59. The molecule has 1 atom stereocenters. The van der Waals surface area contributed by atoms with Gasteiger partial charge >= 0.3 is 18.3 Å². The lowest BCUT2D eigenvalue weighted by Crippen LogP contribution is -2.33. The fourth-order valence-corrected chi connectivity index (χ4v) is 2.39. The molecule has 0 spiro atoms. The Hall–Kier alpha value is -3.24. The normalized spacial score (nSPS) is 12.8. The second kappa shape index (κ2) is 8.64. The van der Waals surface area contributed by atoms with E-state index in [0.717, 1.165) is 6.07 Å². The van der Waals surface area contributed by atoms with Crippen molar-refractivity contribution < 1.29 is 32.0 Å². The molecule has 0 saturated carbocycles. The molecule has 0 fully saturated rings. The topological polar surface area (TPSA) is 105 Å². The summed E-state index contributed by atoms with van der Waals surface area (Å²) in [6.45, 7) is 8.11. The van der Waals surface area contributed by atoms with Gasteiger partial charge in [-0.1, -0.05) is 11.2 Å². The van der Waals surface area contributed by atoms with Gasteiger partial charge in [0.2, 0.25) is 0 Å². The molecule has 2 aromatic rings. The average molecular weight is 428 g/mol. The maximum atomic E-state index is 13.0. The Morgan fingerprint density at radius 1 is 1.13 bits per heavy atom. The lowest BCUT2D eigenvalue weighted by Gasteiger charge is -2.21. The molecule has 1 aromatic carbocycles. The van der Waals surface area contributed by atoms with Crippen LogP contribution in [0.25, 0.3) is 0 Å². The molecule has 2 rings (SSSR count). The van der Waals surface area contributed by atoms with E-state index in [4.69, 9.17) is 9.26 Å². The van der Waals surface area contributed by atoms with E-state index in [9.17, 15) is 22.8 Å². The summed E-state index contributed by atoms with van der Waals surface area (Å²) in [5, 5.41) is 10.9. The minimum absolute atomic E-state index is 0.0171. The number of ether oxygens (including phenoxy) is 1. The van der Waals surface area contributed by atoms with Crippen molar-refractivity contribution in [3.8, 4) is 0 Å². The molecule has 0 saturated heterocycles. The van der Waals surface area contributed by atoms with Crippen molar-refractivity contribution in [2.45, 2.75) is 52.4 Å². The number of rotatable bonds is 4. The molecule has 0 aliphatic carbocycles. The average Bonchev–Trinajstić information content (AvgIpc) is 3.02. The van der Waals surface area contributed by atoms with Gasteiger partial charge in [-0.3, -0.25) is 5.32 Å². The SMILES string of the molecule is Cc1ccc(NC(=O)Nc2cc([C@@H](C)NC(=O)OC(C)(C)C)on2)cc1C(F)(F)F. The third kappa shape index (κ3) is 6.68. The van der Waals surface area contributed by atoms with E-state index in [1.165, 1.54) is 25.1 Å². The van der Waals surface area contributed by atoms with Crippen LogP contribution in [-0.2, 0) is 10.9 Å². The number of hydrogen-bond donors (Lipinski definition) is 3. The number of carbonyl (C=O) groups excluding carboxylic acids is 2. The highest BCUT2D eigenvalue weighted by atomic mass is 19.4. The van der Waals surface area contributed by atoms with Crippen molar-refractivity contribution in [3.63, 3.8) is 0 Å². The van der Waals surface area contributed by atoms with E-state index in [1.807, 2.05) is 0 Å². The number of anilines is 2. The van der Waals surface area contributed by atoms with Crippen LogP contribution in [0, 0.1) is 6.92 Å². The first-order valence-electron chi connectivity index (χ1n) is 8.96. The summed E-state index contributed by atoms with van der Waals surface area (Å²) in [4.78, 5) is 23.9. The molecular weight excluding hydrogens is 405 g/mol. The summed E-state index contributed by atoms with van der Waals surface area (Å²) in [6, 6.07) is 3.42. The highest BCUT2D eigenvalue weighted by Crippen LogP contribution is 2.33. The van der Waals surface area contributed by atoms with Crippen LogP contribution in [0.2, 0.25) is 0 Å². The summed E-state index contributed by atoms with van der Waals surface area (Å²) in [7, 11) is 0. The number of amides is 3. The lowest BCUT2D eigenvalue weighted by molar-refractivity contribution is -0.138. The van der Waals surface area contributed by atoms with E-state index < -0.39 is 35.5 Å². The first-order chi connectivity index (χ1) is 13.7. The Morgan fingerprint density at radius 3 is 2.40 bits per heavy atom. The van der Waals surface area contributed by atoms with Crippen LogP contribution in [0.4, 0.5) is 34.3 Å². The Morgan fingerprint density at radius 2 is 1.80 bits per heavy atom. The molecule has 8 nitrogen and oxygen atoms in total.